The molecule has 6 nitrogen and oxygen atoms in total. The third-order valence-electron chi connectivity index (χ3n) is 3.33. The van der Waals surface area contributed by atoms with E-state index >= 15 is 0 Å². The Morgan fingerprint density at radius 1 is 1.27 bits per heavy atom. The van der Waals surface area contributed by atoms with E-state index in [0.717, 1.165) is 11.3 Å². The first kappa shape index (κ1) is 16.2. The molecule has 0 radical (unpaired) electrons. The van der Waals surface area contributed by atoms with Crippen LogP contribution in [0.5, 0.6) is 0 Å². The molecular formula is C15H19N3O3S. The summed E-state index contributed by atoms with van der Waals surface area (Å²) in [5.74, 6) is -0.820. The normalized spacial score (nSPS) is 10.5. The highest BCUT2D eigenvalue weighted by Gasteiger charge is 2.19. The van der Waals surface area contributed by atoms with Crippen molar-refractivity contribution in [3.63, 3.8) is 0 Å². The highest BCUT2D eigenvalue weighted by atomic mass is 32.1. The van der Waals surface area contributed by atoms with Crippen LogP contribution in [0.1, 0.15) is 35.7 Å². The summed E-state index contributed by atoms with van der Waals surface area (Å²) >= 11 is 1.57. The lowest BCUT2D eigenvalue weighted by Gasteiger charge is -2.06. The molecule has 2 heterocycles. The molecule has 0 bridgehead atoms. The summed E-state index contributed by atoms with van der Waals surface area (Å²) in [5, 5.41) is 11.0. The standard InChI is InChI=1S/C15H19N3O3S/c1-4-10-6-7-22-12(10)8-16-14(19)15(20)17-13-9(3)18-21-11(13)5-2/h6-7H,4-5,8H2,1-3H3,(H,16,19)(H,17,20). The molecule has 0 atom stereocenters. The third-order valence-corrected chi connectivity index (χ3v) is 4.29. The molecule has 22 heavy (non-hydrogen) atoms. The zero-order valence-corrected chi connectivity index (χ0v) is 13.7. The minimum Gasteiger partial charge on any atom is -0.359 e. The number of hydrogen-bond donors (Lipinski definition) is 2. The number of hydrogen-bond acceptors (Lipinski definition) is 5. The lowest BCUT2D eigenvalue weighted by Crippen LogP contribution is -2.35. The van der Waals surface area contributed by atoms with E-state index in [0.29, 0.717) is 30.1 Å². The number of nitrogens with zero attached hydrogens (tertiary/aromatic N) is 1. The van der Waals surface area contributed by atoms with Crippen LogP contribution in [0.2, 0.25) is 0 Å². The number of rotatable bonds is 5. The summed E-state index contributed by atoms with van der Waals surface area (Å²) in [7, 11) is 0. The molecule has 0 aliphatic carbocycles. The van der Waals surface area contributed by atoms with E-state index in [1.54, 1.807) is 18.3 Å². The minimum absolute atomic E-state index is 0.357. The summed E-state index contributed by atoms with van der Waals surface area (Å²) < 4.78 is 5.08. The van der Waals surface area contributed by atoms with Gasteiger partial charge in [0.2, 0.25) is 0 Å². The van der Waals surface area contributed by atoms with Crippen LogP contribution in [0, 0.1) is 6.92 Å². The summed E-state index contributed by atoms with van der Waals surface area (Å²) in [4.78, 5) is 24.9. The Balaban J connectivity index is 1.95. The zero-order chi connectivity index (χ0) is 16.1. The second-order valence-electron chi connectivity index (χ2n) is 4.78. The highest BCUT2D eigenvalue weighted by Crippen LogP contribution is 2.20. The average molecular weight is 321 g/mol. The smallest absolute Gasteiger partial charge is 0.313 e. The van der Waals surface area contributed by atoms with Crippen molar-refractivity contribution in [2.24, 2.45) is 0 Å². The Morgan fingerprint density at radius 2 is 2.05 bits per heavy atom. The largest absolute Gasteiger partial charge is 0.359 e. The average Bonchev–Trinajstić information content (AvgIpc) is 3.11. The number of aromatic nitrogens is 1. The summed E-state index contributed by atoms with van der Waals surface area (Å²) in [6.45, 7) is 6.02. The fraction of sp³-hybridized carbons (Fsp3) is 0.400. The molecule has 0 aliphatic heterocycles. The monoisotopic (exact) mass is 321 g/mol. The van der Waals surface area contributed by atoms with Gasteiger partial charge in [0.15, 0.2) is 5.76 Å². The molecule has 0 saturated carbocycles. The van der Waals surface area contributed by atoms with E-state index in [1.807, 2.05) is 18.4 Å². The molecule has 0 unspecified atom stereocenters. The van der Waals surface area contributed by atoms with Crippen molar-refractivity contribution in [3.8, 4) is 0 Å². The van der Waals surface area contributed by atoms with Gasteiger partial charge in [-0.2, -0.15) is 0 Å². The van der Waals surface area contributed by atoms with Gasteiger partial charge in [-0.3, -0.25) is 9.59 Å². The SMILES string of the molecule is CCc1ccsc1CNC(=O)C(=O)Nc1c(C)noc1CC. The summed E-state index contributed by atoms with van der Waals surface area (Å²) in [6.07, 6.45) is 1.49. The van der Waals surface area contributed by atoms with E-state index in [9.17, 15) is 9.59 Å². The van der Waals surface area contributed by atoms with E-state index in [2.05, 4.69) is 22.7 Å². The van der Waals surface area contributed by atoms with Gasteiger partial charge in [-0.15, -0.1) is 11.3 Å². The molecule has 2 aromatic rings. The maximum Gasteiger partial charge on any atom is 0.313 e. The van der Waals surface area contributed by atoms with Gasteiger partial charge in [0.05, 0.1) is 6.54 Å². The fourth-order valence-corrected chi connectivity index (χ4v) is 2.98. The van der Waals surface area contributed by atoms with E-state index < -0.39 is 11.8 Å². The van der Waals surface area contributed by atoms with Crippen LogP contribution in [0.15, 0.2) is 16.0 Å². The van der Waals surface area contributed by atoms with E-state index in [-0.39, 0.29) is 0 Å². The van der Waals surface area contributed by atoms with Crippen molar-refractivity contribution < 1.29 is 14.1 Å². The van der Waals surface area contributed by atoms with E-state index in [4.69, 9.17) is 4.52 Å². The van der Waals surface area contributed by atoms with Crippen molar-refractivity contribution in [2.45, 2.75) is 40.2 Å². The second-order valence-corrected chi connectivity index (χ2v) is 5.78. The van der Waals surface area contributed by atoms with Crippen molar-refractivity contribution >= 4 is 28.8 Å². The van der Waals surface area contributed by atoms with Crippen molar-refractivity contribution in [1.82, 2.24) is 10.5 Å². The number of amides is 2. The number of carbonyl (C=O) groups is 2. The van der Waals surface area contributed by atoms with Gasteiger partial charge in [0.1, 0.15) is 11.4 Å². The van der Waals surface area contributed by atoms with Crippen LogP contribution in [0.4, 0.5) is 5.69 Å². The summed E-state index contributed by atoms with van der Waals surface area (Å²) in [5.41, 5.74) is 2.23. The van der Waals surface area contributed by atoms with Gasteiger partial charge in [0.25, 0.3) is 0 Å². The number of nitrogens with one attached hydrogen (secondary N) is 2. The van der Waals surface area contributed by atoms with Crippen molar-refractivity contribution in [1.29, 1.82) is 0 Å². The Kier molecular flexibility index (Phi) is 5.32. The molecule has 0 aromatic carbocycles. The predicted octanol–water partition coefficient (Wildman–Crippen LogP) is 2.42. The zero-order valence-electron chi connectivity index (χ0n) is 12.9. The molecule has 2 N–H and O–H groups in total. The first-order valence-corrected chi connectivity index (χ1v) is 8.04. The van der Waals surface area contributed by atoms with Crippen LogP contribution in [-0.2, 0) is 29.0 Å². The van der Waals surface area contributed by atoms with Crippen LogP contribution in [-0.4, -0.2) is 17.0 Å². The lowest BCUT2D eigenvalue weighted by atomic mass is 10.2. The maximum atomic E-state index is 12.0. The Hall–Kier alpha value is -2.15. The Bertz CT molecular complexity index is 675. The highest BCUT2D eigenvalue weighted by molar-refractivity contribution is 7.10. The number of thiophene rings is 1. The molecule has 0 spiro atoms. The molecule has 7 heteroatoms. The first-order chi connectivity index (χ1) is 10.6. The molecule has 118 valence electrons. The topological polar surface area (TPSA) is 84.2 Å². The van der Waals surface area contributed by atoms with Gasteiger partial charge in [-0.1, -0.05) is 19.0 Å². The van der Waals surface area contributed by atoms with E-state index in [1.165, 1.54) is 5.56 Å². The molecule has 2 amide bonds. The number of anilines is 1. The molecule has 2 rings (SSSR count). The van der Waals surface area contributed by atoms with Crippen molar-refractivity contribution in [2.75, 3.05) is 5.32 Å². The molecule has 0 fully saturated rings. The summed E-state index contributed by atoms with van der Waals surface area (Å²) in [6, 6.07) is 2.03. The Morgan fingerprint density at radius 3 is 2.73 bits per heavy atom. The Labute approximate surface area is 132 Å². The quantitative estimate of drug-likeness (QED) is 0.828. The number of carbonyl (C=O) groups excluding carboxylic acids is 2. The maximum absolute atomic E-state index is 12.0. The second kappa shape index (κ2) is 7.22. The lowest BCUT2D eigenvalue weighted by molar-refractivity contribution is -0.136. The molecule has 0 aliphatic rings. The number of aryl methyl sites for hydroxylation is 3. The van der Waals surface area contributed by atoms with Gasteiger partial charge in [-0.05, 0) is 30.4 Å². The fourth-order valence-electron chi connectivity index (χ4n) is 2.07. The predicted molar refractivity (Wildman–Crippen MR) is 84.8 cm³/mol. The van der Waals surface area contributed by atoms with Gasteiger partial charge in [-0.25, -0.2) is 0 Å². The van der Waals surface area contributed by atoms with Gasteiger partial charge < -0.3 is 15.2 Å². The molecular weight excluding hydrogens is 302 g/mol. The van der Waals surface area contributed by atoms with Crippen LogP contribution in [0.3, 0.4) is 0 Å². The molecule has 2 aromatic heterocycles. The minimum atomic E-state index is -0.712. The third kappa shape index (κ3) is 3.54. The van der Waals surface area contributed by atoms with Crippen molar-refractivity contribution in [3.05, 3.63) is 33.3 Å². The van der Waals surface area contributed by atoms with Gasteiger partial charge >= 0.3 is 11.8 Å². The van der Waals surface area contributed by atoms with Crippen LogP contribution >= 0.6 is 11.3 Å². The van der Waals surface area contributed by atoms with Gasteiger partial charge in [0, 0.05) is 11.3 Å². The first-order valence-electron chi connectivity index (χ1n) is 7.16. The molecule has 0 saturated heterocycles. The van der Waals surface area contributed by atoms with Crippen LogP contribution in [0.25, 0.3) is 0 Å². The van der Waals surface area contributed by atoms with Crippen LogP contribution < -0.4 is 10.6 Å².